The molecule has 1 aromatic heterocycles. The quantitative estimate of drug-likeness (QED) is 0.602. The SMILES string of the molecule is CSc1ccc2nc(NC(=O)c3ccc(S(=O)(=O)N4CCOCC4)cc3)sc2c1. The Balaban J connectivity index is 1.49. The van der Waals surface area contributed by atoms with Gasteiger partial charge < -0.3 is 4.74 Å². The Morgan fingerprint density at radius 1 is 1.17 bits per heavy atom. The topological polar surface area (TPSA) is 88.6 Å². The van der Waals surface area contributed by atoms with Crippen molar-refractivity contribution in [2.24, 2.45) is 0 Å². The van der Waals surface area contributed by atoms with E-state index in [1.807, 2.05) is 24.5 Å². The summed E-state index contributed by atoms with van der Waals surface area (Å²) in [6.45, 7) is 1.45. The van der Waals surface area contributed by atoms with Gasteiger partial charge in [-0.2, -0.15) is 4.31 Å². The van der Waals surface area contributed by atoms with Crippen molar-refractivity contribution < 1.29 is 17.9 Å². The maximum absolute atomic E-state index is 12.7. The van der Waals surface area contributed by atoms with E-state index >= 15 is 0 Å². The van der Waals surface area contributed by atoms with Crippen molar-refractivity contribution in [2.75, 3.05) is 37.9 Å². The van der Waals surface area contributed by atoms with E-state index in [1.54, 1.807) is 11.8 Å². The van der Waals surface area contributed by atoms with E-state index < -0.39 is 10.0 Å². The molecule has 0 aliphatic carbocycles. The molecule has 1 aliphatic heterocycles. The summed E-state index contributed by atoms with van der Waals surface area (Å²) < 4.78 is 32.9. The molecule has 1 amide bonds. The lowest BCUT2D eigenvalue weighted by Crippen LogP contribution is -2.40. The molecule has 0 atom stereocenters. The number of hydrogen-bond acceptors (Lipinski definition) is 7. The third kappa shape index (κ3) is 4.31. The normalized spacial score (nSPS) is 15.5. The van der Waals surface area contributed by atoms with Gasteiger partial charge in [0, 0.05) is 23.5 Å². The fraction of sp³-hybridized carbons (Fsp3) is 0.263. The van der Waals surface area contributed by atoms with Crippen LogP contribution in [0.2, 0.25) is 0 Å². The van der Waals surface area contributed by atoms with E-state index in [-0.39, 0.29) is 10.8 Å². The van der Waals surface area contributed by atoms with Gasteiger partial charge in [-0.1, -0.05) is 11.3 Å². The summed E-state index contributed by atoms with van der Waals surface area (Å²) in [4.78, 5) is 18.3. The second-order valence-corrected chi connectivity index (χ2v) is 10.2. The van der Waals surface area contributed by atoms with Gasteiger partial charge in [-0.3, -0.25) is 10.1 Å². The van der Waals surface area contributed by atoms with E-state index in [1.165, 1.54) is 39.9 Å². The van der Waals surface area contributed by atoms with Crippen LogP contribution in [0.5, 0.6) is 0 Å². The molecule has 1 aliphatic rings. The molecule has 0 bridgehead atoms. The van der Waals surface area contributed by atoms with Gasteiger partial charge in [0.2, 0.25) is 10.0 Å². The Morgan fingerprint density at radius 2 is 1.90 bits per heavy atom. The minimum Gasteiger partial charge on any atom is -0.379 e. The van der Waals surface area contributed by atoms with Crippen molar-refractivity contribution in [1.82, 2.24) is 9.29 Å². The van der Waals surface area contributed by atoms with Gasteiger partial charge in [0.05, 0.1) is 28.3 Å². The summed E-state index contributed by atoms with van der Waals surface area (Å²) in [6.07, 6.45) is 2.01. The van der Waals surface area contributed by atoms with E-state index in [9.17, 15) is 13.2 Å². The predicted octanol–water partition coefficient (Wildman–Crippen LogP) is 3.29. The molecule has 152 valence electrons. The fourth-order valence-corrected chi connectivity index (χ4v) is 5.79. The van der Waals surface area contributed by atoms with Crippen molar-refractivity contribution >= 4 is 54.4 Å². The standard InChI is InChI=1S/C19H19N3O4S3/c1-27-14-4-7-16-17(12-14)28-19(20-16)21-18(23)13-2-5-15(6-3-13)29(24,25)22-8-10-26-11-9-22/h2-7,12H,8-11H2,1H3,(H,20,21,23). The zero-order valence-electron chi connectivity index (χ0n) is 15.6. The molecule has 1 N–H and O–H groups in total. The molecule has 4 rings (SSSR count). The smallest absolute Gasteiger partial charge is 0.257 e. The highest BCUT2D eigenvalue weighted by molar-refractivity contribution is 7.98. The Labute approximate surface area is 177 Å². The third-order valence-electron chi connectivity index (χ3n) is 4.54. The molecule has 3 aromatic rings. The number of benzene rings is 2. The van der Waals surface area contributed by atoms with E-state index in [4.69, 9.17) is 4.74 Å². The number of hydrogen-bond donors (Lipinski definition) is 1. The van der Waals surface area contributed by atoms with Crippen molar-refractivity contribution in [3.8, 4) is 0 Å². The Kier molecular flexibility index (Phi) is 5.88. The highest BCUT2D eigenvalue weighted by atomic mass is 32.2. The molecule has 0 radical (unpaired) electrons. The molecule has 0 unspecified atom stereocenters. The Hall–Kier alpha value is -1.98. The number of thiazole rings is 1. The van der Waals surface area contributed by atoms with Crippen LogP contribution in [0.15, 0.2) is 52.3 Å². The van der Waals surface area contributed by atoms with Crippen LogP contribution in [0.25, 0.3) is 10.2 Å². The van der Waals surface area contributed by atoms with Crippen molar-refractivity contribution in [2.45, 2.75) is 9.79 Å². The lowest BCUT2D eigenvalue weighted by molar-refractivity contribution is 0.0730. The van der Waals surface area contributed by atoms with Crippen LogP contribution in [0, 0.1) is 0 Å². The van der Waals surface area contributed by atoms with E-state index in [2.05, 4.69) is 10.3 Å². The summed E-state index contributed by atoms with van der Waals surface area (Å²) in [6, 6.07) is 11.9. The Morgan fingerprint density at radius 3 is 2.59 bits per heavy atom. The number of rotatable bonds is 5. The number of nitrogens with one attached hydrogen (secondary N) is 1. The van der Waals surface area contributed by atoms with Gasteiger partial charge in [-0.05, 0) is 48.7 Å². The predicted molar refractivity (Wildman–Crippen MR) is 115 cm³/mol. The lowest BCUT2D eigenvalue weighted by Gasteiger charge is -2.26. The number of sulfonamides is 1. The molecule has 0 saturated carbocycles. The first kappa shape index (κ1) is 20.3. The molecule has 10 heteroatoms. The number of ether oxygens (including phenoxy) is 1. The maximum Gasteiger partial charge on any atom is 0.257 e. The number of aromatic nitrogens is 1. The van der Waals surface area contributed by atoms with Crippen molar-refractivity contribution in [1.29, 1.82) is 0 Å². The van der Waals surface area contributed by atoms with Gasteiger partial charge in [-0.15, -0.1) is 11.8 Å². The monoisotopic (exact) mass is 449 g/mol. The minimum atomic E-state index is -3.58. The molecule has 2 aromatic carbocycles. The highest BCUT2D eigenvalue weighted by Crippen LogP contribution is 2.29. The lowest BCUT2D eigenvalue weighted by atomic mass is 10.2. The number of thioether (sulfide) groups is 1. The number of nitrogens with zero attached hydrogens (tertiary/aromatic N) is 2. The second-order valence-electron chi connectivity index (χ2n) is 6.35. The molecule has 2 heterocycles. The first-order valence-electron chi connectivity index (χ1n) is 8.91. The first-order valence-corrected chi connectivity index (χ1v) is 12.4. The average Bonchev–Trinajstić information content (AvgIpc) is 3.15. The number of carbonyl (C=O) groups excluding carboxylic acids is 1. The highest BCUT2D eigenvalue weighted by Gasteiger charge is 2.26. The zero-order valence-corrected chi connectivity index (χ0v) is 18.1. The summed E-state index contributed by atoms with van der Waals surface area (Å²) in [7, 11) is -3.58. The number of anilines is 1. The van der Waals surface area contributed by atoms with Crippen LogP contribution in [-0.4, -0.2) is 56.2 Å². The third-order valence-corrected chi connectivity index (χ3v) is 8.11. The van der Waals surface area contributed by atoms with Gasteiger partial charge in [0.1, 0.15) is 0 Å². The second kappa shape index (κ2) is 8.41. The number of amides is 1. The molecular formula is C19H19N3O4S3. The van der Waals surface area contributed by atoms with Crippen LogP contribution in [0.4, 0.5) is 5.13 Å². The van der Waals surface area contributed by atoms with Gasteiger partial charge in [-0.25, -0.2) is 13.4 Å². The summed E-state index contributed by atoms with van der Waals surface area (Å²) in [5.74, 6) is -0.329. The molecule has 1 fully saturated rings. The van der Waals surface area contributed by atoms with Crippen LogP contribution in [-0.2, 0) is 14.8 Å². The first-order chi connectivity index (χ1) is 14.0. The van der Waals surface area contributed by atoms with Crippen LogP contribution in [0.3, 0.4) is 0 Å². The fourth-order valence-electron chi connectivity index (χ4n) is 2.97. The van der Waals surface area contributed by atoms with Crippen LogP contribution in [0.1, 0.15) is 10.4 Å². The van der Waals surface area contributed by atoms with Crippen LogP contribution >= 0.6 is 23.1 Å². The number of fused-ring (bicyclic) bond motifs is 1. The summed E-state index contributed by atoms with van der Waals surface area (Å²) >= 11 is 3.05. The largest absolute Gasteiger partial charge is 0.379 e. The number of carbonyl (C=O) groups is 1. The maximum atomic E-state index is 12.7. The molecule has 7 nitrogen and oxygen atoms in total. The molecular weight excluding hydrogens is 430 g/mol. The average molecular weight is 450 g/mol. The summed E-state index contributed by atoms with van der Waals surface area (Å²) in [5.41, 5.74) is 1.20. The molecule has 29 heavy (non-hydrogen) atoms. The molecule has 1 saturated heterocycles. The van der Waals surface area contributed by atoms with Crippen LogP contribution < -0.4 is 5.32 Å². The summed E-state index contributed by atoms with van der Waals surface area (Å²) in [5, 5.41) is 3.30. The van der Waals surface area contributed by atoms with Gasteiger partial charge in [0.15, 0.2) is 5.13 Å². The van der Waals surface area contributed by atoms with Crippen molar-refractivity contribution in [3.63, 3.8) is 0 Å². The van der Waals surface area contributed by atoms with Crippen molar-refractivity contribution in [3.05, 3.63) is 48.0 Å². The van der Waals surface area contributed by atoms with E-state index in [0.717, 1.165) is 15.1 Å². The van der Waals surface area contributed by atoms with Gasteiger partial charge >= 0.3 is 0 Å². The van der Waals surface area contributed by atoms with E-state index in [0.29, 0.717) is 37.0 Å². The Bertz CT molecular complexity index is 1140. The number of morpholine rings is 1. The van der Waals surface area contributed by atoms with Gasteiger partial charge in [0.25, 0.3) is 5.91 Å². The molecule has 0 spiro atoms. The minimum absolute atomic E-state index is 0.167. The zero-order chi connectivity index (χ0) is 20.4.